The maximum Gasteiger partial charge on any atom is 0.231 e. The first kappa shape index (κ1) is 13.9. The lowest BCUT2D eigenvalue weighted by atomic mass is 9.91. The summed E-state index contributed by atoms with van der Waals surface area (Å²) in [5.74, 6) is 2.05. The molecule has 23 heavy (non-hydrogen) atoms. The highest BCUT2D eigenvalue weighted by Crippen LogP contribution is 2.38. The molecule has 2 heterocycles. The predicted molar refractivity (Wildman–Crippen MR) is 88.6 cm³/mol. The summed E-state index contributed by atoms with van der Waals surface area (Å²) in [5.41, 5.74) is 9.64. The Morgan fingerprint density at radius 3 is 2.83 bits per heavy atom. The number of hydrogen-bond donors (Lipinski definition) is 2. The zero-order valence-electron chi connectivity index (χ0n) is 13.0. The second-order valence-corrected chi connectivity index (χ2v) is 5.93. The van der Waals surface area contributed by atoms with Crippen molar-refractivity contribution in [2.24, 2.45) is 10.7 Å². The van der Waals surface area contributed by atoms with E-state index in [1.807, 2.05) is 18.2 Å². The number of rotatable bonds is 2. The van der Waals surface area contributed by atoms with Gasteiger partial charge in [-0.05, 0) is 42.2 Å². The highest BCUT2D eigenvalue weighted by atomic mass is 16.7. The number of aliphatic imine (C=N–C) groups is 1. The fraction of sp³-hybridized carbons (Fsp3) is 0.278. The zero-order valence-corrected chi connectivity index (χ0v) is 13.0. The van der Waals surface area contributed by atoms with Gasteiger partial charge in [-0.3, -0.25) is 0 Å². The Morgan fingerprint density at radius 1 is 1.13 bits per heavy atom. The van der Waals surface area contributed by atoms with Gasteiger partial charge in [-0.15, -0.1) is 0 Å². The van der Waals surface area contributed by atoms with Crippen molar-refractivity contribution < 1.29 is 9.47 Å². The molecule has 2 aromatic carbocycles. The molecule has 0 aromatic heterocycles. The summed E-state index contributed by atoms with van der Waals surface area (Å²) in [6.45, 7) is 2.40. The van der Waals surface area contributed by atoms with E-state index in [9.17, 15) is 0 Å². The van der Waals surface area contributed by atoms with Crippen molar-refractivity contribution in [1.29, 1.82) is 0 Å². The quantitative estimate of drug-likeness (QED) is 0.895. The molecule has 2 aromatic rings. The van der Waals surface area contributed by atoms with E-state index < -0.39 is 0 Å². The van der Waals surface area contributed by atoms with Crippen LogP contribution in [0.15, 0.2) is 47.5 Å². The summed E-state index contributed by atoms with van der Waals surface area (Å²) >= 11 is 0. The highest BCUT2D eigenvalue weighted by Gasteiger charge is 2.26. The minimum Gasteiger partial charge on any atom is -0.454 e. The van der Waals surface area contributed by atoms with Gasteiger partial charge in [0.1, 0.15) is 0 Å². The van der Waals surface area contributed by atoms with Gasteiger partial charge in [0.25, 0.3) is 0 Å². The average Bonchev–Trinajstić information content (AvgIpc) is 3.02. The van der Waals surface area contributed by atoms with Crippen LogP contribution in [0.1, 0.15) is 35.2 Å². The zero-order chi connectivity index (χ0) is 15.8. The normalized spacial score (nSPS) is 22.4. The summed E-state index contributed by atoms with van der Waals surface area (Å²) < 4.78 is 10.8. The van der Waals surface area contributed by atoms with Crippen LogP contribution in [0.5, 0.6) is 11.5 Å². The van der Waals surface area contributed by atoms with Crippen LogP contribution in [0, 0.1) is 6.92 Å². The summed E-state index contributed by atoms with van der Waals surface area (Å²) in [6, 6.07) is 14.5. The van der Waals surface area contributed by atoms with Crippen molar-refractivity contribution in [3.8, 4) is 11.5 Å². The molecule has 5 heteroatoms. The molecule has 0 radical (unpaired) electrons. The molecule has 0 bridgehead atoms. The van der Waals surface area contributed by atoms with Gasteiger partial charge in [0, 0.05) is 0 Å². The average molecular weight is 309 g/mol. The van der Waals surface area contributed by atoms with Crippen molar-refractivity contribution in [3.05, 3.63) is 59.2 Å². The van der Waals surface area contributed by atoms with Crippen LogP contribution in [0.25, 0.3) is 0 Å². The molecule has 2 aliphatic rings. The van der Waals surface area contributed by atoms with Crippen molar-refractivity contribution in [2.75, 3.05) is 6.79 Å². The number of benzene rings is 2. The van der Waals surface area contributed by atoms with Crippen LogP contribution >= 0.6 is 0 Å². The van der Waals surface area contributed by atoms with Crippen LogP contribution in [0.4, 0.5) is 0 Å². The van der Waals surface area contributed by atoms with E-state index in [0.29, 0.717) is 5.96 Å². The Morgan fingerprint density at radius 2 is 1.96 bits per heavy atom. The minimum atomic E-state index is 0.00959. The largest absolute Gasteiger partial charge is 0.454 e. The van der Waals surface area contributed by atoms with Gasteiger partial charge in [0.05, 0.1) is 12.1 Å². The van der Waals surface area contributed by atoms with Crippen molar-refractivity contribution >= 4 is 5.96 Å². The highest BCUT2D eigenvalue weighted by molar-refractivity contribution is 5.79. The van der Waals surface area contributed by atoms with E-state index in [1.54, 1.807) is 0 Å². The van der Waals surface area contributed by atoms with Crippen molar-refractivity contribution in [1.82, 2.24) is 5.32 Å². The van der Waals surface area contributed by atoms with Crippen molar-refractivity contribution in [2.45, 2.75) is 25.4 Å². The molecule has 0 amide bonds. The van der Waals surface area contributed by atoms with Gasteiger partial charge in [-0.2, -0.15) is 0 Å². The van der Waals surface area contributed by atoms with E-state index in [1.165, 1.54) is 11.1 Å². The van der Waals surface area contributed by atoms with Gasteiger partial charge in [-0.1, -0.05) is 30.3 Å². The summed E-state index contributed by atoms with van der Waals surface area (Å²) in [5, 5.41) is 3.30. The Kier molecular flexibility index (Phi) is 3.33. The van der Waals surface area contributed by atoms with Crippen LogP contribution in [-0.2, 0) is 0 Å². The monoisotopic (exact) mass is 309 g/mol. The fourth-order valence-corrected chi connectivity index (χ4v) is 3.23. The first-order valence-corrected chi connectivity index (χ1v) is 7.75. The molecule has 0 fully saturated rings. The molecule has 118 valence electrons. The number of fused-ring (bicyclic) bond motifs is 1. The lowest BCUT2D eigenvalue weighted by Gasteiger charge is -2.29. The number of nitrogens with zero attached hydrogens (tertiary/aromatic N) is 1. The molecular weight excluding hydrogens is 290 g/mol. The number of guanidine groups is 1. The minimum absolute atomic E-state index is 0.00959. The topological polar surface area (TPSA) is 68.9 Å². The Hall–Kier alpha value is -2.69. The number of nitrogens with one attached hydrogen (secondary N) is 1. The van der Waals surface area contributed by atoms with Crippen LogP contribution in [0.3, 0.4) is 0 Å². The molecule has 0 saturated heterocycles. The van der Waals surface area contributed by atoms with Crippen LogP contribution < -0.4 is 20.5 Å². The molecule has 5 nitrogen and oxygen atoms in total. The van der Waals surface area contributed by atoms with Gasteiger partial charge >= 0.3 is 0 Å². The summed E-state index contributed by atoms with van der Waals surface area (Å²) in [7, 11) is 0. The molecular formula is C18H19N3O2. The lowest BCUT2D eigenvalue weighted by molar-refractivity contribution is 0.174. The SMILES string of the molecule is Cc1ccccc1C1CC(c2ccc3c(c2)OCO3)N=C(N)N1. The van der Waals surface area contributed by atoms with E-state index in [-0.39, 0.29) is 18.9 Å². The molecule has 2 unspecified atom stereocenters. The maximum atomic E-state index is 6.04. The summed E-state index contributed by atoms with van der Waals surface area (Å²) in [4.78, 5) is 4.57. The predicted octanol–water partition coefficient (Wildman–Crippen LogP) is 2.81. The van der Waals surface area contributed by atoms with Gasteiger partial charge in [-0.25, -0.2) is 4.99 Å². The maximum absolute atomic E-state index is 6.04. The van der Waals surface area contributed by atoms with Gasteiger partial charge < -0.3 is 20.5 Å². The lowest BCUT2D eigenvalue weighted by Crippen LogP contribution is -2.39. The molecule has 0 aliphatic carbocycles. The Bertz CT molecular complexity index is 773. The Labute approximate surface area is 135 Å². The smallest absolute Gasteiger partial charge is 0.231 e. The van der Waals surface area contributed by atoms with Gasteiger partial charge in [0.2, 0.25) is 6.79 Å². The number of nitrogens with two attached hydrogens (primary N) is 1. The standard InChI is InChI=1S/C18H19N3O2/c1-11-4-2-3-5-13(11)15-9-14(20-18(19)21-15)12-6-7-16-17(8-12)23-10-22-16/h2-8,14-15H,9-10H2,1H3,(H3,19,20,21). The molecule has 0 spiro atoms. The van der Waals surface area contributed by atoms with E-state index in [4.69, 9.17) is 15.2 Å². The number of ether oxygens (including phenoxy) is 2. The molecule has 2 atom stereocenters. The molecule has 2 aliphatic heterocycles. The third kappa shape index (κ3) is 2.59. The van der Waals surface area contributed by atoms with Crippen molar-refractivity contribution in [3.63, 3.8) is 0 Å². The second-order valence-electron chi connectivity index (χ2n) is 5.93. The number of hydrogen-bond acceptors (Lipinski definition) is 5. The molecule has 4 rings (SSSR count). The van der Waals surface area contributed by atoms with E-state index >= 15 is 0 Å². The second kappa shape index (κ2) is 5.50. The van der Waals surface area contributed by atoms with Crippen LogP contribution in [0.2, 0.25) is 0 Å². The first-order chi connectivity index (χ1) is 11.2. The summed E-state index contributed by atoms with van der Waals surface area (Å²) in [6.07, 6.45) is 0.852. The molecule has 0 saturated carbocycles. The third-order valence-corrected chi connectivity index (χ3v) is 4.42. The molecule has 3 N–H and O–H groups in total. The van der Waals surface area contributed by atoms with Crippen LogP contribution in [-0.4, -0.2) is 12.8 Å². The van der Waals surface area contributed by atoms with E-state index in [2.05, 4.69) is 41.5 Å². The van der Waals surface area contributed by atoms with E-state index in [0.717, 1.165) is 23.5 Å². The van der Waals surface area contributed by atoms with Gasteiger partial charge in [0.15, 0.2) is 17.5 Å². The number of aryl methyl sites for hydroxylation is 1. The fourth-order valence-electron chi connectivity index (χ4n) is 3.23. The third-order valence-electron chi connectivity index (χ3n) is 4.42. The first-order valence-electron chi connectivity index (χ1n) is 7.75. The Balaban J connectivity index is 1.65.